The maximum atomic E-state index is 12.4. The van der Waals surface area contributed by atoms with Crippen LogP contribution in [0, 0.1) is 0 Å². The largest absolute Gasteiger partial charge is 0.535 e. The van der Waals surface area contributed by atoms with Crippen LogP contribution in [-0.2, 0) is 25.4 Å². The summed E-state index contributed by atoms with van der Waals surface area (Å²) in [6, 6.07) is 4.93. The molecule has 1 fully saturated rings. The van der Waals surface area contributed by atoms with Gasteiger partial charge in [0.25, 0.3) is 0 Å². The number of rotatable bonds is 6. The Bertz CT molecular complexity index is 759. The number of fused-ring (bicyclic) bond motifs is 1. The van der Waals surface area contributed by atoms with Gasteiger partial charge < -0.3 is 28.7 Å². The summed E-state index contributed by atoms with van der Waals surface area (Å²) in [5, 5.41) is 10.2. The molecule has 0 bridgehead atoms. The molecule has 1 aromatic carbocycles. The van der Waals surface area contributed by atoms with Gasteiger partial charge in [-0.2, -0.15) is 0 Å². The van der Waals surface area contributed by atoms with Crippen LogP contribution in [0.15, 0.2) is 18.2 Å². The van der Waals surface area contributed by atoms with E-state index in [0.717, 1.165) is 32.1 Å². The van der Waals surface area contributed by atoms with E-state index in [-0.39, 0.29) is 35.4 Å². The van der Waals surface area contributed by atoms with Crippen LogP contribution < -0.4 is 4.65 Å². The molecule has 9 heteroatoms. The molecule has 156 valence electrons. The lowest BCUT2D eigenvalue weighted by Gasteiger charge is -2.28. The van der Waals surface area contributed by atoms with Crippen molar-refractivity contribution in [1.82, 2.24) is 0 Å². The average molecular weight is 404 g/mol. The lowest BCUT2D eigenvalue weighted by atomic mass is 9.64. The highest BCUT2D eigenvalue weighted by Crippen LogP contribution is 2.36. The van der Waals surface area contributed by atoms with Gasteiger partial charge in [0, 0.05) is 12.2 Å². The van der Waals surface area contributed by atoms with Crippen LogP contribution in [0.1, 0.15) is 61.4 Å². The summed E-state index contributed by atoms with van der Waals surface area (Å²) in [6.07, 6.45) is 4.39. The molecule has 3 rings (SSSR count). The van der Waals surface area contributed by atoms with Crippen LogP contribution in [0.3, 0.4) is 0 Å². The van der Waals surface area contributed by atoms with Gasteiger partial charge in [-0.05, 0) is 50.7 Å². The van der Waals surface area contributed by atoms with Crippen molar-refractivity contribution in [2.45, 2.75) is 63.8 Å². The van der Waals surface area contributed by atoms with E-state index in [1.165, 1.54) is 13.0 Å². The van der Waals surface area contributed by atoms with E-state index in [1.807, 2.05) is 0 Å². The zero-order valence-electron chi connectivity index (χ0n) is 16.4. The SMILES string of the molecule is CC(=O)C[C@H]1Cc2cccc(C(=O)OCOC(=O)OC3CCCCC3)c2OB1O. The fourth-order valence-electron chi connectivity index (χ4n) is 3.75. The third-order valence-corrected chi connectivity index (χ3v) is 5.17. The van der Waals surface area contributed by atoms with Gasteiger partial charge in [0.05, 0.1) is 0 Å². The normalized spacial score (nSPS) is 19.0. The monoisotopic (exact) mass is 404 g/mol. The summed E-state index contributed by atoms with van der Waals surface area (Å²) in [5.74, 6) is -0.947. The number of esters is 1. The number of para-hydroxylation sites is 1. The molecule has 1 atom stereocenters. The van der Waals surface area contributed by atoms with Gasteiger partial charge in [-0.25, -0.2) is 9.59 Å². The van der Waals surface area contributed by atoms with Crippen LogP contribution in [-0.4, -0.2) is 42.9 Å². The van der Waals surface area contributed by atoms with E-state index >= 15 is 0 Å². The third kappa shape index (κ3) is 5.73. The van der Waals surface area contributed by atoms with E-state index in [0.29, 0.717) is 12.0 Å². The van der Waals surface area contributed by atoms with Crippen molar-refractivity contribution in [3.8, 4) is 5.75 Å². The van der Waals surface area contributed by atoms with Gasteiger partial charge in [-0.3, -0.25) is 0 Å². The Morgan fingerprint density at radius 2 is 1.93 bits per heavy atom. The van der Waals surface area contributed by atoms with Gasteiger partial charge in [-0.15, -0.1) is 0 Å². The average Bonchev–Trinajstić information content (AvgIpc) is 2.68. The lowest BCUT2D eigenvalue weighted by molar-refractivity contribution is -0.117. The molecule has 1 N–H and O–H groups in total. The number of Topliss-reactive ketones (excluding diaryl/α,β-unsaturated/α-hetero) is 1. The minimum atomic E-state index is -1.19. The number of carbonyl (C=O) groups excluding carboxylic acids is 3. The highest BCUT2D eigenvalue weighted by atomic mass is 16.8. The first-order valence-corrected chi connectivity index (χ1v) is 9.90. The molecule has 1 saturated carbocycles. The number of carbonyl (C=O) groups is 3. The molecule has 1 heterocycles. The van der Waals surface area contributed by atoms with E-state index in [1.54, 1.807) is 12.1 Å². The topological polar surface area (TPSA) is 108 Å². The van der Waals surface area contributed by atoms with Crippen LogP contribution >= 0.6 is 0 Å². The zero-order chi connectivity index (χ0) is 20.8. The number of ether oxygens (including phenoxy) is 3. The van der Waals surface area contributed by atoms with Crippen LogP contribution in [0.5, 0.6) is 5.75 Å². The minimum Gasteiger partial charge on any atom is -0.535 e. The summed E-state index contributed by atoms with van der Waals surface area (Å²) in [6.45, 7) is 0.874. The van der Waals surface area contributed by atoms with Crippen molar-refractivity contribution in [2.24, 2.45) is 0 Å². The Morgan fingerprint density at radius 1 is 1.17 bits per heavy atom. The molecule has 1 aromatic rings. The second-order valence-corrected chi connectivity index (χ2v) is 7.49. The smallest absolute Gasteiger partial charge is 0.526 e. The molecule has 0 aromatic heterocycles. The molecule has 8 nitrogen and oxygen atoms in total. The second-order valence-electron chi connectivity index (χ2n) is 7.49. The Kier molecular flexibility index (Phi) is 7.14. The molecule has 29 heavy (non-hydrogen) atoms. The van der Waals surface area contributed by atoms with E-state index < -0.39 is 26.0 Å². The fraction of sp³-hybridized carbons (Fsp3) is 0.550. The Labute approximate surface area is 169 Å². The zero-order valence-corrected chi connectivity index (χ0v) is 16.4. The van der Waals surface area contributed by atoms with E-state index in [9.17, 15) is 19.4 Å². The molecular formula is C20H25BO8. The van der Waals surface area contributed by atoms with Crippen molar-refractivity contribution in [1.29, 1.82) is 0 Å². The van der Waals surface area contributed by atoms with Crippen molar-refractivity contribution in [2.75, 3.05) is 6.79 Å². The Balaban J connectivity index is 1.54. The van der Waals surface area contributed by atoms with E-state index in [4.69, 9.17) is 18.9 Å². The Hall–Kier alpha value is -2.55. The van der Waals surface area contributed by atoms with Crippen molar-refractivity contribution in [3.05, 3.63) is 29.3 Å². The molecule has 0 radical (unpaired) electrons. The minimum absolute atomic E-state index is 0.0473. The van der Waals surface area contributed by atoms with Crippen LogP contribution in [0.4, 0.5) is 4.79 Å². The Morgan fingerprint density at radius 3 is 2.66 bits per heavy atom. The number of hydrogen-bond acceptors (Lipinski definition) is 8. The summed E-state index contributed by atoms with van der Waals surface area (Å²) >= 11 is 0. The van der Waals surface area contributed by atoms with Gasteiger partial charge in [0.2, 0.25) is 6.79 Å². The van der Waals surface area contributed by atoms with Gasteiger partial charge >= 0.3 is 19.2 Å². The van der Waals surface area contributed by atoms with Crippen molar-refractivity contribution < 1.29 is 38.3 Å². The van der Waals surface area contributed by atoms with E-state index in [2.05, 4.69) is 0 Å². The van der Waals surface area contributed by atoms with Crippen LogP contribution in [0.2, 0.25) is 5.82 Å². The number of ketones is 1. The summed E-state index contributed by atoms with van der Waals surface area (Å²) in [4.78, 5) is 35.4. The lowest BCUT2D eigenvalue weighted by Crippen LogP contribution is -2.35. The molecule has 1 aliphatic heterocycles. The summed E-state index contributed by atoms with van der Waals surface area (Å²) in [7, 11) is -1.19. The summed E-state index contributed by atoms with van der Waals surface area (Å²) in [5.41, 5.74) is 0.820. The maximum absolute atomic E-state index is 12.4. The summed E-state index contributed by atoms with van der Waals surface area (Å²) < 4.78 is 20.5. The molecule has 0 spiro atoms. The first kappa shape index (κ1) is 21.2. The fourth-order valence-corrected chi connectivity index (χ4v) is 3.75. The maximum Gasteiger partial charge on any atom is 0.526 e. The number of hydrogen-bond donors (Lipinski definition) is 1. The predicted molar refractivity (Wildman–Crippen MR) is 103 cm³/mol. The molecule has 2 aliphatic rings. The highest BCUT2D eigenvalue weighted by molar-refractivity contribution is 6.46. The molecule has 0 unspecified atom stereocenters. The molecule has 1 aliphatic carbocycles. The van der Waals surface area contributed by atoms with Gasteiger partial charge in [0.15, 0.2) is 0 Å². The third-order valence-electron chi connectivity index (χ3n) is 5.17. The first-order chi connectivity index (χ1) is 13.9. The molecule has 0 saturated heterocycles. The van der Waals surface area contributed by atoms with Crippen LogP contribution in [0.25, 0.3) is 0 Å². The second kappa shape index (κ2) is 9.78. The van der Waals surface area contributed by atoms with Gasteiger partial charge in [-0.1, -0.05) is 18.6 Å². The molecule has 0 amide bonds. The molecular weight excluding hydrogens is 379 g/mol. The predicted octanol–water partition coefficient (Wildman–Crippen LogP) is 3.05. The highest BCUT2D eigenvalue weighted by Gasteiger charge is 2.37. The van der Waals surface area contributed by atoms with Gasteiger partial charge in [0.1, 0.15) is 23.2 Å². The first-order valence-electron chi connectivity index (χ1n) is 9.90. The quantitative estimate of drug-likeness (QED) is 0.438. The standard InChI is InChI=1S/C20H25BO8/c1-13(22)10-15-11-14-6-5-9-17(18(14)29-21(15)25)19(23)26-12-27-20(24)28-16-7-3-2-4-8-16/h5-6,9,15-16,25H,2-4,7-8,10-12H2,1H3/t15-/m0/s1. The van der Waals surface area contributed by atoms with Crippen molar-refractivity contribution >= 4 is 25.0 Å². The number of benzene rings is 1. The van der Waals surface area contributed by atoms with Crippen molar-refractivity contribution in [3.63, 3.8) is 0 Å².